The van der Waals surface area contributed by atoms with Crippen LogP contribution in [0.4, 0.5) is 35.1 Å². The van der Waals surface area contributed by atoms with E-state index in [2.05, 4.69) is 0 Å². The van der Waals surface area contributed by atoms with Crippen molar-refractivity contribution >= 4 is 0 Å². The van der Waals surface area contributed by atoms with Crippen LogP contribution < -0.4 is 0 Å². The van der Waals surface area contributed by atoms with Crippen LogP contribution in [-0.4, -0.2) is 12.4 Å². The third-order valence-corrected chi connectivity index (χ3v) is 2.73. The van der Waals surface area contributed by atoms with E-state index in [4.69, 9.17) is 0 Å². The molecule has 0 atom stereocenters. The lowest BCUT2D eigenvalue weighted by Crippen LogP contribution is -2.52. The lowest BCUT2D eigenvalue weighted by Gasteiger charge is -2.36. The number of hydrogen-bond acceptors (Lipinski definition) is 0. The van der Waals surface area contributed by atoms with Crippen LogP contribution >= 0.6 is 0 Å². The van der Waals surface area contributed by atoms with E-state index in [-0.39, 0.29) is 6.92 Å². The maximum absolute atomic E-state index is 13.2. The summed E-state index contributed by atoms with van der Waals surface area (Å²) in [6, 6.07) is 0. The zero-order chi connectivity index (χ0) is 13.6. The molecule has 0 aliphatic heterocycles. The van der Waals surface area contributed by atoms with Crippen LogP contribution in [0.2, 0.25) is 0 Å². The van der Waals surface area contributed by atoms with E-state index in [9.17, 15) is 35.1 Å². The predicted molar refractivity (Wildman–Crippen MR) is 42.2 cm³/mol. The van der Waals surface area contributed by atoms with Crippen LogP contribution in [0.5, 0.6) is 0 Å². The first kappa shape index (κ1) is 14.2. The molecule has 0 amide bonds. The Hall–Kier alpha value is -0.820. The second kappa shape index (κ2) is 3.84. The van der Waals surface area contributed by atoms with Gasteiger partial charge in [0.25, 0.3) is 0 Å². The maximum Gasteiger partial charge on any atom is 0.409 e. The van der Waals surface area contributed by atoms with E-state index in [1.165, 1.54) is 0 Å². The minimum Gasteiger partial charge on any atom is -0.209 e. The lowest BCUT2D eigenvalue weighted by atomic mass is 9.79. The van der Waals surface area contributed by atoms with Gasteiger partial charge in [0.15, 0.2) is 5.83 Å². The molecule has 1 fully saturated rings. The average molecular weight is 268 g/mol. The first-order valence-corrected chi connectivity index (χ1v) is 4.62. The topological polar surface area (TPSA) is 0 Å². The quantitative estimate of drug-likeness (QED) is 0.638. The van der Waals surface area contributed by atoms with E-state index in [0.717, 1.165) is 0 Å². The van der Waals surface area contributed by atoms with Crippen molar-refractivity contribution in [1.29, 1.82) is 0 Å². The van der Waals surface area contributed by atoms with Gasteiger partial charge in [-0.3, -0.25) is 0 Å². The molecule has 0 aromatic rings. The Morgan fingerprint density at radius 2 is 1.24 bits per heavy atom. The Morgan fingerprint density at radius 3 is 1.41 bits per heavy atom. The molecule has 100 valence electrons. The van der Waals surface area contributed by atoms with Gasteiger partial charge in [0.2, 0.25) is 5.41 Å². The summed E-state index contributed by atoms with van der Waals surface area (Å²) in [5.74, 6) is -6.85. The van der Waals surface area contributed by atoms with Gasteiger partial charge >= 0.3 is 12.4 Å². The van der Waals surface area contributed by atoms with Crippen molar-refractivity contribution in [1.82, 2.24) is 0 Å². The Balaban J connectivity index is 3.50. The molecule has 0 aromatic heterocycles. The standard InChI is InChI=1S/C9H8F8/c1-4(10)6(11)7(5-2-3-5,8(12,13)14)9(15,16)17/h5H,2-3H2,1H3/b6-4+. The van der Waals surface area contributed by atoms with Crippen molar-refractivity contribution in [2.24, 2.45) is 11.3 Å². The minimum absolute atomic E-state index is 0.240. The predicted octanol–water partition coefficient (Wildman–Crippen LogP) is 4.68. The van der Waals surface area contributed by atoms with Crippen molar-refractivity contribution in [3.63, 3.8) is 0 Å². The molecule has 0 N–H and O–H groups in total. The third-order valence-electron chi connectivity index (χ3n) is 2.73. The zero-order valence-electron chi connectivity index (χ0n) is 8.52. The molecule has 1 aliphatic rings. The van der Waals surface area contributed by atoms with Crippen molar-refractivity contribution in [2.75, 3.05) is 0 Å². The summed E-state index contributed by atoms with van der Waals surface area (Å²) in [7, 11) is 0. The molecule has 0 spiro atoms. The van der Waals surface area contributed by atoms with Crippen LogP contribution in [0.3, 0.4) is 0 Å². The zero-order valence-corrected chi connectivity index (χ0v) is 8.52. The Kier molecular flexibility index (Phi) is 3.22. The molecule has 1 rings (SSSR count). The van der Waals surface area contributed by atoms with E-state index in [1.807, 2.05) is 0 Å². The molecule has 0 bridgehead atoms. The van der Waals surface area contributed by atoms with Crippen molar-refractivity contribution in [3.05, 3.63) is 11.7 Å². The Morgan fingerprint density at radius 1 is 0.882 bits per heavy atom. The summed E-state index contributed by atoms with van der Waals surface area (Å²) in [6.45, 7) is 0.240. The van der Waals surface area contributed by atoms with Crippen LogP contribution in [0, 0.1) is 11.3 Å². The third kappa shape index (κ3) is 2.01. The first-order valence-electron chi connectivity index (χ1n) is 4.62. The summed E-state index contributed by atoms with van der Waals surface area (Å²) in [6.07, 6.45) is -12.7. The number of hydrogen-bond donors (Lipinski definition) is 0. The van der Waals surface area contributed by atoms with Crippen LogP contribution in [0.25, 0.3) is 0 Å². The van der Waals surface area contributed by atoms with Crippen molar-refractivity contribution < 1.29 is 35.1 Å². The second-order valence-electron chi connectivity index (χ2n) is 3.93. The molecule has 17 heavy (non-hydrogen) atoms. The van der Waals surface area contributed by atoms with E-state index >= 15 is 0 Å². The molecular weight excluding hydrogens is 260 g/mol. The summed E-state index contributed by atoms with van der Waals surface area (Å²) in [5.41, 5.74) is -4.70. The normalized spacial score (nSPS) is 20.3. The first-order chi connectivity index (χ1) is 7.46. The molecule has 0 heterocycles. The molecule has 1 saturated carbocycles. The molecule has 8 heteroatoms. The largest absolute Gasteiger partial charge is 0.409 e. The fraction of sp³-hybridized carbons (Fsp3) is 0.778. The summed E-state index contributed by atoms with van der Waals surface area (Å²) in [5, 5.41) is 0. The molecule has 0 saturated heterocycles. The van der Waals surface area contributed by atoms with Gasteiger partial charge < -0.3 is 0 Å². The van der Waals surface area contributed by atoms with Gasteiger partial charge in [-0.15, -0.1) is 0 Å². The van der Waals surface area contributed by atoms with Gasteiger partial charge in [0.05, 0.1) is 0 Å². The highest BCUT2D eigenvalue weighted by molar-refractivity contribution is 5.22. The maximum atomic E-state index is 13.2. The summed E-state index contributed by atoms with van der Waals surface area (Å²) in [4.78, 5) is 0. The fourth-order valence-corrected chi connectivity index (χ4v) is 1.84. The molecular formula is C9H8F8. The summed E-state index contributed by atoms with van der Waals surface area (Å²) < 4.78 is 101. The van der Waals surface area contributed by atoms with Gasteiger partial charge in [0, 0.05) is 0 Å². The molecule has 0 aromatic carbocycles. The van der Waals surface area contributed by atoms with Gasteiger partial charge in [-0.2, -0.15) is 26.3 Å². The Labute approximate surface area is 91.3 Å². The average Bonchev–Trinajstić information content (AvgIpc) is 2.83. The number of halogens is 8. The molecule has 0 radical (unpaired) electrons. The lowest BCUT2D eigenvalue weighted by molar-refractivity contribution is -0.339. The highest BCUT2D eigenvalue weighted by Gasteiger charge is 2.79. The van der Waals surface area contributed by atoms with Crippen LogP contribution in [-0.2, 0) is 0 Å². The second-order valence-corrected chi connectivity index (χ2v) is 3.93. The highest BCUT2D eigenvalue weighted by Crippen LogP contribution is 2.66. The van der Waals surface area contributed by atoms with E-state index < -0.39 is 48.2 Å². The van der Waals surface area contributed by atoms with Crippen LogP contribution in [0.15, 0.2) is 11.7 Å². The van der Waals surface area contributed by atoms with E-state index in [1.54, 1.807) is 0 Å². The minimum atomic E-state index is -5.91. The number of alkyl halides is 6. The fourth-order valence-electron chi connectivity index (χ4n) is 1.84. The van der Waals surface area contributed by atoms with Gasteiger partial charge in [-0.25, -0.2) is 8.78 Å². The smallest absolute Gasteiger partial charge is 0.209 e. The van der Waals surface area contributed by atoms with E-state index in [0.29, 0.717) is 0 Å². The van der Waals surface area contributed by atoms with Crippen molar-refractivity contribution in [2.45, 2.75) is 32.1 Å². The SMILES string of the molecule is C/C(F)=C(\F)C(C1CC1)(C(F)(F)F)C(F)(F)F. The van der Waals surface area contributed by atoms with Gasteiger partial charge in [0.1, 0.15) is 5.83 Å². The Bertz CT molecular complexity index is 312. The summed E-state index contributed by atoms with van der Waals surface area (Å²) >= 11 is 0. The number of allylic oxidation sites excluding steroid dienone is 2. The van der Waals surface area contributed by atoms with Gasteiger partial charge in [-0.1, -0.05) is 0 Å². The molecule has 1 aliphatic carbocycles. The van der Waals surface area contributed by atoms with Crippen molar-refractivity contribution in [3.8, 4) is 0 Å². The molecule has 0 nitrogen and oxygen atoms in total. The number of rotatable bonds is 2. The van der Waals surface area contributed by atoms with Crippen LogP contribution in [0.1, 0.15) is 19.8 Å². The van der Waals surface area contributed by atoms with Gasteiger partial charge in [-0.05, 0) is 25.7 Å². The highest BCUT2D eigenvalue weighted by atomic mass is 19.4. The molecule has 0 unspecified atom stereocenters. The monoisotopic (exact) mass is 268 g/mol.